The highest BCUT2D eigenvalue weighted by Crippen LogP contribution is 2.19. The van der Waals surface area contributed by atoms with E-state index in [4.69, 9.17) is 4.74 Å². The van der Waals surface area contributed by atoms with Crippen LogP contribution in [0, 0.1) is 6.92 Å². The minimum Gasteiger partial charge on any atom is -0.366 e. The summed E-state index contributed by atoms with van der Waals surface area (Å²) in [5.74, 6) is 2.05. The van der Waals surface area contributed by atoms with E-state index in [-0.39, 0.29) is 12.0 Å². The lowest BCUT2D eigenvalue weighted by atomic mass is 10.2. The Labute approximate surface area is 104 Å². The Morgan fingerprint density at radius 3 is 3.18 bits per heavy atom. The van der Waals surface area contributed by atoms with Crippen LogP contribution >= 0.6 is 11.8 Å². The second kappa shape index (κ2) is 5.50. The Morgan fingerprint density at radius 2 is 2.53 bits per heavy atom. The molecule has 0 aromatic carbocycles. The first-order chi connectivity index (χ1) is 8.20. The summed E-state index contributed by atoms with van der Waals surface area (Å²) in [7, 11) is 0. The number of aryl methyl sites for hydroxylation is 1. The summed E-state index contributed by atoms with van der Waals surface area (Å²) < 4.78 is 5.59. The number of ether oxygens (including phenoxy) is 1. The number of hydrogen-bond donors (Lipinski definition) is 1. The minimum absolute atomic E-state index is 0.151. The maximum absolute atomic E-state index is 11.8. The summed E-state index contributed by atoms with van der Waals surface area (Å²) in [6.07, 6.45) is 1.72. The van der Waals surface area contributed by atoms with Gasteiger partial charge in [-0.05, 0) is 13.2 Å². The van der Waals surface area contributed by atoms with Gasteiger partial charge in [0.05, 0.1) is 18.9 Å². The summed E-state index contributed by atoms with van der Waals surface area (Å²) in [6, 6.07) is 0. The average Bonchev–Trinajstić information content (AvgIpc) is 2.76. The minimum atomic E-state index is -0.209. The quantitative estimate of drug-likeness (QED) is 0.846. The van der Waals surface area contributed by atoms with Crippen LogP contribution in [-0.4, -0.2) is 57.7 Å². The van der Waals surface area contributed by atoms with Crippen molar-refractivity contribution in [2.45, 2.75) is 13.0 Å². The fraction of sp³-hybridized carbons (Fsp3) is 0.700. The molecule has 1 atom stereocenters. The van der Waals surface area contributed by atoms with Gasteiger partial charge in [0.15, 0.2) is 5.82 Å². The van der Waals surface area contributed by atoms with Crippen LogP contribution in [0.15, 0.2) is 0 Å². The molecule has 1 saturated heterocycles. The number of aromatic nitrogens is 3. The lowest BCUT2D eigenvalue weighted by molar-refractivity contribution is -0.136. The molecule has 2 rings (SSSR count). The maximum atomic E-state index is 11.8. The third kappa shape index (κ3) is 2.98. The van der Waals surface area contributed by atoms with Crippen molar-refractivity contribution in [3.8, 4) is 0 Å². The van der Waals surface area contributed by atoms with E-state index in [1.165, 1.54) is 11.8 Å². The molecule has 6 nitrogen and oxygen atoms in total. The predicted molar refractivity (Wildman–Crippen MR) is 64.8 cm³/mol. The molecule has 0 unspecified atom stereocenters. The molecule has 2 heterocycles. The molecule has 1 aliphatic heterocycles. The molecule has 7 heteroatoms. The van der Waals surface area contributed by atoms with E-state index in [1.807, 2.05) is 18.1 Å². The van der Waals surface area contributed by atoms with Gasteiger partial charge in [0.25, 0.3) is 0 Å². The van der Waals surface area contributed by atoms with Crippen molar-refractivity contribution in [3.05, 3.63) is 11.6 Å². The van der Waals surface area contributed by atoms with Crippen molar-refractivity contribution in [1.29, 1.82) is 0 Å². The summed E-state index contributed by atoms with van der Waals surface area (Å²) >= 11 is 1.54. The molecule has 1 aliphatic rings. The Balaban J connectivity index is 1.99. The highest BCUT2D eigenvalue weighted by molar-refractivity contribution is 7.99. The number of carbonyl (C=O) groups excluding carboxylic acids is 1. The Morgan fingerprint density at radius 1 is 1.71 bits per heavy atom. The van der Waals surface area contributed by atoms with Crippen LogP contribution in [-0.2, 0) is 9.53 Å². The first-order valence-electron chi connectivity index (χ1n) is 5.48. The third-order valence-electron chi connectivity index (χ3n) is 2.59. The van der Waals surface area contributed by atoms with E-state index in [9.17, 15) is 4.79 Å². The Bertz CT molecular complexity index is 395. The van der Waals surface area contributed by atoms with Crippen molar-refractivity contribution in [1.82, 2.24) is 20.1 Å². The van der Waals surface area contributed by atoms with Gasteiger partial charge in [0, 0.05) is 6.54 Å². The lowest BCUT2D eigenvalue weighted by Crippen LogP contribution is -2.43. The lowest BCUT2D eigenvalue weighted by Gasteiger charge is -2.31. The first-order valence-corrected chi connectivity index (χ1v) is 6.87. The summed E-state index contributed by atoms with van der Waals surface area (Å²) in [5, 5.41) is 6.86. The van der Waals surface area contributed by atoms with Crippen molar-refractivity contribution in [2.24, 2.45) is 0 Å². The van der Waals surface area contributed by atoms with E-state index in [0.717, 1.165) is 5.82 Å². The molecule has 0 aliphatic carbocycles. The second-order valence-corrected chi connectivity index (χ2v) is 4.78. The van der Waals surface area contributed by atoms with Gasteiger partial charge in [0.2, 0.25) is 5.91 Å². The molecule has 0 spiro atoms. The van der Waals surface area contributed by atoms with Crippen molar-refractivity contribution in [2.75, 3.05) is 31.7 Å². The number of H-pyrrole nitrogens is 1. The van der Waals surface area contributed by atoms with Crippen LogP contribution in [0.3, 0.4) is 0 Å². The molecule has 1 amide bonds. The van der Waals surface area contributed by atoms with E-state index < -0.39 is 0 Å². The standard InChI is InChI=1S/C10H16N4O2S/c1-7-11-10(13-12-7)8-5-14(3-4-16-8)9(15)6-17-2/h8H,3-6H2,1-2H3,(H,11,12,13)/t8-/m0/s1. The first kappa shape index (κ1) is 12.4. The second-order valence-electron chi connectivity index (χ2n) is 3.91. The van der Waals surface area contributed by atoms with E-state index >= 15 is 0 Å². The van der Waals surface area contributed by atoms with Gasteiger partial charge in [-0.15, -0.1) is 0 Å². The van der Waals surface area contributed by atoms with E-state index in [1.54, 1.807) is 0 Å². The molecule has 1 N–H and O–H groups in total. The number of nitrogens with zero attached hydrogens (tertiary/aromatic N) is 3. The molecule has 17 heavy (non-hydrogen) atoms. The highest BCUT2D eigenvalue weighted by atomic mass is 32.2. The van der Waals surface area contributed by atoms with Gasteiger partial charge in [-0.2, -0.15) is 16.9 Å². The Kier molecular flexibility index (Phi) is 4.01. The van der Waals surface area contributed by atoms with Crippen LogP contribution in [0.25, 0.3) is 0 Å². The fourth-order valence-electron chi connectivity index (χ4n) is 1.75. The van der Waals surface area contributed by atoms with Gasteiger partial charge in [-0.1, -0.05) is 0 Å². The van der Waals surface area contributed by atoms with Gasteiger partial charge in [-0.25, -0.2) is 4.98 Å². The SMILES string of the molecule is CSCC(=O)N1CCO[C@H](c2n[nH]c(C)n2)C1. The number of thioether (sulfide) groups is 1. The average molecular weight is 256 g/mol. The van der Waals surface area contributed by atoms with Crippen LogP contribution in [0.4, 0.5) is 0 Å². The highest BCUT2D eigenvalue weighted by Gasteiger charge is 2.27. The third-order valence-corrected chi connectivity index (χ3v) is 3.13. The number of morpholine rings is 1. The number of nitrogens with one attached hydrogen (secondary N) is 1. The largest absolute Gasteiger partial charge is 0.366 e. The molecule has 0 radical (unpaired) electrons. The number of hydrogen-bond acceptors (Lipinski definition) is 5. The fourth-order valence-corrected chi connectivity index (χ4v) is 2.18. The monoisotopic (exact) mass is 256 g/mol. The predicted octanol–water partition coefficient (Wildman–Crippen LogP) is 0.376. The van der Waals surface area contributed by atoms with Gasteiger partial charge in [0.1, 0.15) is 11.9 Å². The summed E-state index contributed by atoms with van der Waals surface area (Å²) in [5.41, 5.74) is 0. The summed E-state index contributed by atoms with van der Waals surface area (Å²) in [6.45, 7) is 3.57. The molecule has 1 aromatic heterocycles. The number of rotatable bonds is 3. The number of carbonyl (C=O) groups is 1. The van der Waals surface area contributed by atoms with Crippen LogP contribution in [0.2, 0.25) is 0 Å². The van der Waals surface area contributed by atoms with E-state index in [0.29, 0.717) is 31.3 Å². The Hall–Kier alpha value is -1.08. The number of amides is 1. The molecule has 0 bridgehead atoms. The maximum Gasteiger partial charge on any atom is 0.232 e. The van der Waals surface area contributed by atoms with Gasteiger partial charge in [-0.3, -0.25) is 9.89 Å². The zero-order chi connectivity index (χ0) is 12.3. The normalized spacial score (nSPS) is 20.6. The summed E-state index contributed by atoms with van der Waals surface area (Å²) in [4.78, 5) is 17.8. The molecular formula is C10H16N4O2S. The van der Waals surface area contributed by atoms with Crippen LogP contribution in [0.1, 0.15) is 17.8 Å². The van der Waals surface area contributed by atoms with Gasteiger partial charge < -0.3 is 9.64 Å². The molecule has 0 saturated carbocycles. The van der Waals surface area contributed by atoms with Crippen LogP contribution in [0.5, 0.6) is 0 Å². The van der Waals surface area contributed by atoms with Crippen molar-refractivity contribution in [3.63, 3.8) is 0 Å². The van der Waals surface area contributed by atoms with Gasteiger partial charge >= 0.3 is 0 Å². The molecule has 94 valence electrons. The molecule has 1 fully saturated rings. The molecular weight excluding hydrogens is 240 g/mol. The topological polar surface area (TPSA) is 71.1 Å². The molecule has 1 aromatic rings. The van der Waals surface area contributed by atoms with E-state index in [2.05, 4.69) is 15.2 Å². The zero-order valence-corrected chi connectivity index (χ0v) is 10.8. The van der Waals surface area contributed by atoms with Crippen molar-refractivity contribution < 1.29 is 9.53 Å². The zero-order valence-electron chi connectivity index (χ0n) is 9.97. The smallest absolute Gasteiger partial charge is 0.232 e. The van der Waals surface area contributed by atoms with Crippen molar-refractivity contribution >= 4 is 17.7 Å². The number of aromatic amines is 1. The van der Waals surface area contributed by atoms with Crippen LogP contribution < -0.4 is 0 Å².